The number of rotatable bonds is 6. The molecule has 204 valence electrons. The number of methoxy groups -OCH3 is 1. The molecule has 2 heterocycles. The molecule has 1 aromatic heterocycles. The number of aryl methyl sites for hydroxylation is 1. The number of likely N-dealkylation sites (N-methyl/N-ethyl adjacent to an activating group) is 1. The van der Waals surface area contributed by atoms with Crippen LogP contribution in [0.25, 0.3) is 10.9 Å². The fourth-order valence-electron chi connectivity index (χ4n) is 4.81. The average Bonchev–Trinajstić information content (AvgIpc) is 2.83. The highest BCUT2D eigenvalue weighted by molar-refractivity contribution is 5.92. The van der Waals surface area contributed by atoms with Gasteiger partial charge in [-0.05, 0) is 47.7 Å². The number of fused-ring (bicyclic) bond motifs is 1. The van der Waals surface area contributed by atoms with Gasteiger partial charge in [-0.1, -0.05) is 18.2 Å². The van der Waals surface area contributed by atoms with E-state index >= 15 is 4.39 Å². The maximum atomic E-state index is 15.3. The van der Waals surface area contributed by atoms with Crippen molar-refractivity contribution < 1.29 is 23.8 Å². The molecule has 0 spiro atoms. The standard InChI is InChI=1S/C28H36FN5O4/c1-16-15-33(6)11-12-34(16)27(35)38-24-13-20-22(14-23(24)37-7)31-18(3)32-26(20)30-17(2)19-9-8-10-21(25(19)29)28(4,5)36/h8-10,13-14,16-17,36H,11-12,15H2,1-7H3,(H,30,31,32)/t16-,17+/m0/s1. The minimum atomic E-state index is -1.32. The van der Waals surface area contributed by atoms with Crippen LogP contribution >= 0.6 is 0 Å². The van der Waals surface area contributed by atoms with Crippen LogP contribution in [-0.4, -0.2) is 70.8 Å². The van der Waals surface area contributed by atoms with Crippen molar-refractivity contribution >= 4 is 22.8 Å². The van der Waals surface area contributed by atoms with Crippen LogP contribution in [0.2, 0.25) is 0 Å². The molecule has 0 saturated carbocycles. The molecule has 2 N–H and O–H groups in total. The van der Waals surface area contributed by atoms with Gasteiger partial charge in [0.1, 0.15) is 17.5 Å². The summed E-state index contributed by atoms with van der Waals surface area (Å²) >= 11 is 0. The molecule has 4 rings (SSSR count). The van der Waals surface area contributed by atoms with E-state index < -0.39 is 23.6 Å². The zero-order chi connectivity index (χ0) is 27.8. The van der Waals surface area contributed by atoms with Crippen LogP contribution in [0, 0.1) is 12.7 Å². The number of nitrogens with zero attached hydrogens (tertiary/aromatic N) is 4. The first kappa shape index (κ1) is 27.5. The number of piperazine rings is 1. The number of carbonyl (C=O) groups excluding carboxylic acids is 1. The van der Waals surface area contributed by atoms with Gasteiger partial charge < -0.3 is 29.7 Å². The van der Waals surface area contributed by atoms with Gasteiger partial charge in [0.2, 0.25) is 0 Å². The van der Waals surface area contributed by atoms with Gasteiger partial charge in [-0.25, -0.2) is 19.2 Å². The third kappa shape index (κ3) is 5.66. The van der Waals surface area contributed by atoms with Gasteiger partial charge in [-0.15, -0.1) is 0 Å². The Balaban J connectivity index is 1.69. The second kappa shape index (κ2) is 10.7. The number of hydrogen-bond donors (Lipinski definition) is 2. The molecule has 1 amide bonds. The van der Waals surface area contributed by atoms with Crippen molar-refractivity contribution in [2.24, 2.45) is 0 Å². The quantitative estimate of drug-likeness (QED) is 0.481. The van der Waals surface area contributed by atoms with E-state index in [4.69, 9.17) is 9.47 Å². The van der Waals surface area contributed by atoms with Crippen LogP contribution in [0.4, 0.5) is 15.0 Å². The number of aliphatic hydroxyl groups is 1. The lowest BCUT2D eigenvalue weighted by atomic mass is 9.93. The molecule has 0 unspecified atom stereocenters. The molecular weight excluding hydrogens is 489 g/mol. The molecule has 1 saturated heterocycles. The van der Waals surface area contributed by atoms with E-state index in [9.17, 15) is 9.90 Å². The van der Waals surface area contributed by atoms with Crippen LogP contribution in [0.5, 0.6) is 11.5 Å². The molecule has 0 radical (unpaired) electrons. The lowest BCUT2D eigenvalue weighted by Gasteiger charge is -2.37. The van der Waals surface area contributed by atoms with Crippen LogP contribution in [0.15, 0.2) is 30.3 Å². The first-order chi connectivity index (χ1) is 17.9. The molecule has 1 aliphatic heterocycles. The summed E-state index contributed by atoms with van der Waals surface area (Å²) < 4.78 is 26.7. The van der Waals surface area contributed by atoms with E-state index in [-0.39, 0.29) is 17.4 Å². The number of anilines is 1. The fourth-order valence-corrected chi connectivity index (χ4v) is 4.81. The minimum absolute atomic E-state index is 0.00585. The predicted octanol–water partition coefficient (Wildman–Crippen LogP) is 4.62. The number of nitrogens with one attached hydrogen (secondary N) is 1. The summed E-state index contributed by atoms with van der Waals surface area (Å²) in [5, 5.41) is 14.3. The number of benzene rings is 2. The normalized spacial score (nSPS) is 17.4. The maximum absolute atomic E-state index is 15.3. The largest absolute Gasteiger partial charge is 0.493 e. The zero-order valence-corrected chi connectivity index (χ0v) is 23.0. The lowest BCUT2D eigenvalue weighted by molar-refractivity contribution is 0.0743. The minimum Gasteiger partial charge on any atom is -0.493 e. The number of aromatic nitrogens is 2. The Labute approximate surface area is 222 Å². The van der Waals surface area contributed by atoms with Gasteiger partial charge in [0, 0.05) is 48.3 Å². The Morgan fingerprint density at radius 2 is 1.97 bits per heavy atom. The Hall–Kier alpha value is -3.50. The second-order valence-corrected chi connectivity index (χ2v) is 10.4. The van der Waals surface area contributed by atoms with Crippen molar-refractivity contribution in [3.05, 3.63) is 53.1 Å². The number of amides is 1. The van der Waals surface area contributed by atoms with Gasteiger partial charge in [0.25, 0.3) is 0 Å². The topological polar surface area (TPSA) is 100 Å². The smallest absolute Gasteiger partial charge is 0.415 e. The number of carbonyl (C=O) groups is 1. The summed E-state index contributed by atoms with van der Waals surface area (Å²) in [4.78, 5) is 26.0. The third-order valence-corrected chi connectivity index (χ3v) is 6.86. The van der Waals surface area contributed by atoms with E-state index in [0.29, 0.717) is 40.4 Å². The summed E-state index contributed by atoms with van der Waals surface area (Å²) in [5.41, 5.74) is -0.139. The van der Waals surface area contributed by atoms with Crippen LogP contribution < -0.4 is 14.8 Å². The number of hydrogen-bond acceptors (Lipinski definition) is 8. The van der Waals surface area contributed by atoms with Gasteiger partial charge in [0.05, 0.1) is 24.3 Å². The van der Waals surface area contributed by atoms with Gasteiger partial charge in [-0.2, -0.15) is 0 Å². The Morgan fingerprint density at radius 3 is 2.63 bits per heavy atom. The molecule has 0 aliphatic carbocycles. The van der Waals surface area contributed by atoms with Crippen molar-refractivity contribution in [1.82, 2.24) is 19.8 Å². The molecule has 2 atom stereocenters. The van der Waals surface area contributed by atoms with E-state index in [1.807, 2.05) is 20.9 Å². The van der Waals surface area contributed by atoms with E-state index in [1.165, 1.54) is 7.11 Å². The molecule has 38 heavy (non-hydrogen) atoms. The first-order valence-electron chi connectivity index (χ1n) is 12.7. The third-order valence-electron chi connectivity index (χ3n) is 6.86. The molecule has 2 aromatic carbocycles. The lowest BCUT2D eigenvalue weighted by Crippen LogP contribution is -2.53. The Morgan fingerprint density at radius 1 is 1.24 bits per heavy atom. The monoisotopic (exact) mass is 525 g/mol. The summed E-state index contributed by atoms with van der Waals surface area (Å²) in [6.07, 6.45) is -0.454. The summed E-state index contributed by atoms with van der Waals surface area (Å²) in [7, 11) is 3.53. The van der Waals surface area contributed by atoms with Crippen LogP contribution in [0.1, 0.15) is 50.7 Å². The SMILES string of the molecule is COc1cc2nc(C)nc(N[C@H](C)c3cccc(C(C)(C)O)c3F)c2cc1OC(=O)N1CCN(C)C[C@@H]1C. The van der Waals surface area contributed by atoms with Crippen molar-refractivity contribution in [1.29, 1.82) is 0 Å². The fraction of sp³-hybridized carbons (Fsp3) is 0.464. The second-order valence-electron chi connectivity index (χ2n) is 10.4. The highest BCUT2D eigenvalue weighted by Crippen LogP contribution is 2.36. The van der Waals surface area contributed by atoms with Crippen molar-refractivity contribution in [3.8, 4) is 11.5 Å². The number of halogens is 1. The molecule has 0 bridgehead atoms. The number of ether oxygens (including phenoxy) is 2. The summed E-state index contributed by atoms with van der Waals surface area (Å²) in [6, 6.07) is 7.85. The van der Waals surface area contributed by atoms with Crippen molar-refractivity contribution in [3.63, 3.8) is 0 Å². The zero-order valence-electron chi connectivity index (χ0n) is 23.0. The maximum Gasteiger partial charge on any atom is 0.415 e. The summed E-state index contributed by atoms with van der Waals surface area (Å²) in [5.74, 6) is 1.10. The summed E-state index contributed by atoms with van der Waals surface area (Å²) in [6.45, 7) is 10.7. The highest BCUT2D eigenvalue weighted by Gasteiger charge is 2.29. The van der Waals surface area contributed by atoms with Crippen LogP contribution in [0.3, 0.4) is 0 Å². The van der Waals surface area contributed by atoms with E-state index in [1.54, 1.807) is 56.0 Å². The predicted molar refractivity (Wildman–Crippen MR) is 144 cm³/mol. The van der Waals surface area contributed by atoms with E-state index in [0.717, 1.165) is 13.1 Å². The van der Waals surface area contributed by atoms with Crippen LogP contribution in [-0.2, 0) is 5.60 Å². The molecule has 10 heteroatoms. The molecule has 9 nitrogen and oxygen atoms in total. The van der Waals surface area contributed by atoms with Gasteiger partial charge in [0.15, 0.2) is 11.5 Å². The van der Waals surface area contributed by atoms with Crippen molar-refractivity contribution in [2.45, 2.75) is 52.3 Å². The van der Waals surface area contributed by atoms with Crippen molar-refractivity contribution in [2.75, 3.05) is 39.1 Å². The Kier molecular flexibility index (Phi) is 7.75. The highest BCUT2D eigenvalue weighted by atomic mass is 19.1. The molecule has 3 aromatic rings. The first-order valence-corrected chi connectivity index (χ1v) is 12.7. The Bertz CT molecular complexity index is 1340. The van der Waals surface area contributed by atoms with E-state index in [2.05, 4.69) is 20.2 Å². The molecular formula is C28H36FN5O4. The average molecular weight is 526 g/mol. The molecule has 1 aliphatic rings. The van der Waals surface area contributed by atoms with Gasteiger partial charge >= 0.3 is 6.09 Å². The molecule has 1 fully saturated rings. The van der Waals surface area contributed by atoms with Gasteiger partial charge in [-0.3, -0.25) is 0 Å².